The van der Waals surface area contributed by atoms with Crippen LogP contribution in [0.2, 0.25) is 0 Å². The van der Waals surface area contributed by atoms with Crippen LogP contribution in [0.25, 0.3) is 0 Å². The van der Waals surface area contributed by atoms with Crippen molar-refractivity contribution >= 4 is 33.4 Å². The van der Waals surface area contributed by atoms with Gasteiger partial charge in [-0.1, -0.05) is 40.2 Å². The summed E-state index contributed by atoms with van der Waals surface area (Å²) < 4.78 is 0.927. The normalized spacial score (nSPS) is 11.0. The Labute approximate surface area is 150 Å². The van der Waals surface area contributed by atoms with E-state index in [-0.39, 0.29) is 11.8 Å². The molecule has 0 saturated carbocycles. The van der Waals surface area contributed by atoms with Crippen LogP contribution in [-0.2, 0) is 16.1 Å². The first kappa shape index (κ1) is 18.2. The van der Waals surface area contributed by atoms with Gasteiger partial charge in [0.25, 0.3) is 0 Å². The molecule has 0 heterocycles. The van der Waals surface area contributed by atoms with Crippen LogP contribution in [0.1, 0.15) is 25.0 Å². The first-order chi connectivity index (χ1) is 11.3. The van der Waals surface area contributed by atoms with Gasteiger partial charge in [-0.2, -0.15) is 0 Å². The molecule has 2 N–H and O–H groups in total. The SMILES string of the molecule is Cc1ccccc1CNC(=O)C(C)(C)C(=O)Nc1ccc(Br)cc1. The lowest BCUT2D eigenvalue weighted by Crippen LogP contribution is -2.44. The van der Waals surface area contributed by atoms with Gasteiger partial charge in [-0.3, -0.25) is 9.59 Å². The summed E-state index contributed by atoms with van der Waals surface area (Å²) in [5.41, 5.74) is 1.63. The van der Waals surface area contributed by atoms with Gasteiger partial charge < -0.3 is 10.6 Å². The lowest BCUT2D eigenvalue weighted by molar-refractivity contribution is -0.138. The maximum atomic E-state index is 12.5. The molecule has 0 radical (unpaired) electrons. The molecule has 24 heavy (non-hydrogen) atoms. The number of amides is 2. The molecular weight excluding hydrogens is 368 g/mol. The molecule has 126 valence electrons. The predicted molar refractivity (Wildman–Crippen MR) is 99.6 cm³/mol. The van der Waals surface area contributed by atoms with E-state index >= 15 is 0 Å². The van der Waals surface area contributed by atoms with Crippen molar-refractivity contribution in [3.05, 3.63) is 64.1 Å². The molecule has 0 fully saturated rings. The van der Waals surface area contributed by atoms with E-state index in [0.717, 1.165) is 15.6 Å². The summed E-state index contributed by atoms with van der Waals surface area (Å²) in [5.74, 6) is -0.646. The minimum Gasteiger partial charge on any atom is -0.351 e. The highest BCUT2D eigenvalue weighted by Gasteiger charge is 2.35. The zero-order valence-electron chi connectivity index (χ0n) is 14.0. The van der Waals surface area contributed by atoms with Crippen LogP contribution < -0.4 is 10.6 Å². The molecule has 0 aliphatic rings. The number of nitrogens with one attached hydrogen (secondary N) is 2. The fraction of sp³-hybridized carbons (Fsp3) is 0.263. The molecule has 2 aromatic rings. The second kappa shape index (κ2) is 7.62. The summed E-state index contributed by atoms with van der Waals surface area (Å²) >= 11 is 3.35. The van der Waals surface area contributed by atoms with Crippen molar-refractivity contribution in [3.63, 3.8) is 0 Å². The molecule has 2 aromatic carbocycles. The summed E-state index contributed by atoms with van der Waals surface area (Å²) in [6, 6.07) is 15.1. The Morgan fingerprint density at radius 3 is 2.25 bits per heavy atom. The molecule has 0 saturated heterocycles. The average molecular weight is 389 g/mol. The molecule has 0 unspecified atom stereocenters. The summed E-state index contributed by atoms with van der Waals surface area (Å²) in [4.78, 5) is 24.9. The Kier molecular flexibility index (Phi) is 5.78. The summed E-state index contributed by atoms with van der Waals surface area (Å²) in [7, 11) is 0. The van der Waals surface area contributed by atoms with Crippen LogP contribution in [0.3, 0.4) is 0 Å². The van der Waals surface area contributed by atoms with Gasteiger partial charge in [-0.15, -0.1) is 0 Å². The van der Waals surface area contributed by atoms with Crippen LogP contribution in [0.4, 0.5) is 5.69 Å². The molecule has 0 bridgehead atoms. The van der Waals surface area contributed by atoms with Gasteiger partial charge in [-0.25, -0.2) is 0 Å². The van der Waals surface area contributed by atoms with Crippen LogP contribution in [0.15, 0.2) is 53.0 Å². The van der Waals surface area contributed by atoms with Gasteiger partial charge in [0.05, 0.1) is 0 Å². The third kappa shape index (κ3) is 4.45. The molecule has 0 aliphatic heterocycles. The average Bonchev–Trinajstić information content (AvgIpc) is 2.55. The third-order valence-electron chi connectivity index (χ3n) is 3.94. The highest BCUT2D eigenvalue weighted by atomic mass is 79.9. The van der Waals surface area contributed by atoms with Crippen LogP contribution in [0.5, 0.6) is 0 Å². The van der Waals surface area contributed by atoms with Crippen molar-refractivity contribution in [3.8, 4) is 0 Å². The largest absolute Gasteiger partial charge is 0.351 e. The van der Waals surface area contributed by atoms with E-state index < -0.39 is 5.41 Å². The highest BCUT2D eigenvalue weighted by molar-refractivity contribution is 9.10. The Balaban J connectivity index is 1.99. The van der Waals surface area contributed by atoms with Gasteiger partial charge in [-0.05, 0) is 56.2 Å². The van der Waals surface area contributed by atoms with Crippen LogP contribution in [0, 0.1) is 12.3 Å². The van der Waals surface area contributed by atoms with Crippen molar-refractivity contribution in [2.24, 2.45) is 5.41 Å². The van der Waals surface area contributed by atoms with E-state index in [0.29, 0.717) is 12.2 Å². The minimum absolute atomic E-state index is 0.305. The summed E-state index contributed by atoms with van der Waals surface area (Å²) in [5, 5.41) is 5.63. The number of halogens is 1. The first-order valence-corrected chi connectivity index (χ1v) is 8.50. The van der Waals surface area contributed by atoms with Crippen LogP contribution in [-0.4, -0.2) is 11.8 Å². The summed E-state index contributed by atoms with van der Waals surface area (Å²) in [6.07, 6.45) is 0. The Hall–Kier alpha value is -2.14. The maximum absolute atomic E-state index is 12.5. The van der Waals surface area contributed by atoms with Crippen molar-refractivity contribution < 1.29 is 9.59 Å². The first-order valence-electron chi connectivity index (χ1n) is 7.70. The van der Waals surface area contributed by atoms with Crippen molar-refractivity contribution in [2.75, 3.05) is 5.32 Å². The van der Waals surface area contributed by atoms with Crippen molar-refractivity contribution in [1.82, 2.24) is 5.32 Å². The topological polar surface area (TPSA) is 58.2 Å². The van der Waals surface area contributed by atoms with Gasteiger partial charge in [0.15, 0.2) is 0 Å². The molecular formula is C19H21BrN2O2. The Morgan fingerprint density at radius 1 is 1.00 bits per heavy atom. The van der Waals surface area contributed by atoms with E-state index in [1.54, 1.807) is 26.0 Å². The van der Waals surface area contributed by atoms with Gasteiger partial charge in [0.1, 0.15) is 5.41 Å². The van der Waals surface area contributed by atoms with E-state index in [2.05, 4.69) is 26.6 Å². The number of benzene rings is 2. The molecule has 2 rings (SSSR count). The number of aryl methyl sites for hydroxylation is 1. The predicted octanol–water partition coefficient (Wildman–Crippen LogP) is 4.04. The van der Waals surface area contributed by atoms with E-state index in [1.165, 1.54) is 0 Å². The molecule has 0 aromatic heterocycles. The quantitative estimate of drug-likeness (QED) is 0.759. The fourth-order valence-electron chi connectivity index (χ4n) is 2.13. The standard InChI is InChI=1S/C19H21BrN2O2/c1-13-6-4-5-7-14(13)12-21-17(23)19(2,3)18(24)22-16-10-8-15(20)9-11-16/h4-11H,12H2,1-3H3,(H,21,23)(H,22,24). The van der Waals surface area contributed by atoms with Gasteiger partial charge in [0, 0.05) is 16.7 Å². The highest BCUT2D eigenvalue weighted by Crippen LogP contribution is 2.21. The number of hydrogen-bond acceptors (Lipinski definition) is 2. The van der Waals surface area contributed by atoms with Crippen LogP contribution >= 0.6 is 15.9 Å². The number of hydrogen-bond donors (Lipinski definition) is 2. The number of rotatable bonds is 5. The lowest BCUT2D eigenvalue weighted by atomic mass is 9.90. The summed E-state index contributed by atoms with van der Waals surface area (Å²) in [6.45, 7) is 5.64. The smallest absolute Gasteiger partial charge is 0.239 e. The minimum atomic E-state index is -1.17. The van der Waals surface area contributed by atoms with Crippen molar-refractivity contribution in [1.29, 1.82) is 0 Å². The Morgan fingerprint density at radius 2 is 1.62 bits per heavy atom. The number of carbonyl (C=O) groups excluding carboxylic acids is 2. The van der Waals surface area contributed by atoms with E-state index in [4.69, 9.17) is 0 Å². The monoisotopic (exact) mass is 388 g/mol. The fourth-order valence-corrected chi connectivity index (χ4v) is 2.39. The van der Waals surface area contributed by atoms with E-state index in [1.807, 2.05) is 43.3 Å². The zero-order valence-corrected chi connectivity index (χ0v) is 15.6. The third-order valence-corrected chi connectivity index (χ3v) is 4.47. The zero-order chi connectivity index (χ0) is 17.7. The second-order valence-corrected chi connectivity index (χ2v) is 7.11. The molecule has 4 nitrogen and oxygen atoms in total. The second-order valence-electron chi connectivity index (χ2n) is 6.20. The number of anilines is 1. The van der Waals surface area contributed by atoms with Gasteiger partial charge >= 0.3 is 0 Å². The van der Waals surface area contributed by atoms with Crippen molar-refractivity contribution in [2.45, 2.75) is 27.3 Å². The maximum Gasteiger partial charge on any atom is 0.239 e. The molecule has 2 amide bonds. The van der Waals surface area contributed by atoms with E-state index in [9.17, 15) is 9.59 Å². The molecule has 0 aliphatic carbocycles. The molecule has 5 heteroatoms. The molecule has 0 spiro atoms. The van der Waals surface area contributed by atoms with Gasteiger partial charge in [0.2, 0.25) is 11.8 Å². The number of carbonyl (C=O) groups is 2. The lowest BCUT2D eigenvalue weighted by Gasteiger charge is -2.23. The molecule has 0 atom stereocenters. The Bertz CT molecular complexity index is 739.